The number of nitrogens with two attached hydrogens (primary N) is 1. The second-order valence-electron chi connectivity index (χ2n) is 5.64. The molecule has 0 spiro atoms. The summed E-state index contributed by atoms with van der Waals surface area (Å²) in [6, 6.07) is -0.103. The topological polar surface area (TPSA) is 73.6 Å². The van der Waals surface area contributed by atoms with Crippen molar-refractivity contribution in [2.45, 2.75) is 39.3 Å². The molecule has 0 aromatic carbocycles. The average Bonchev–Trinajstić information content (AvgIpc) is 2.07. The zero-order valence-electron chi connectivity index (χ0n) is 10.5. The molecule has 1 saturated heterocycles. The third kappa shape index (κ3) is 3.64. The van der Waals surface area contributed by atoms with E-state index in [2.05, 4.69) is 12.2 Å². The molecule has 0 saturated carbocycles. The molecule has 0 aliphatic carbocycles. The van der Waals surface area contributed by atoms with Crippen molar-refractivity contribution in [2.75, 3.05) is 19.8 Å². The van der Waals surface area contributed by atoms with Gasteiger partial charge in [0.05, 0.1) is 13.2 Å². The summed E-state index contributed by atoms with van der Waals surface area (Å²) in [6.45, 7) is 9.26. The summed E-state index contributed by atoms with van der Waals surface area (Å²) in [6.07, 6.45) is -0.424. The molecule has 1 atom stereocenters. The lowest BCUT2D eigenvalue weighted by Gasteiger charge is -2.42. The van der Waals surface area contributed by atoms with Crippen LogP contribution in [0.5, 0.6) is 0 Å². The number of carbonyl (C=O) groups excluding carboxylic acids is 1. The highest BCUT2D eigenvalue weighted by molar-refractivity contribution is 5.67. The van der Waals surface area contributed by atoms with E-state index in [-0.39, 0.29) is 11.5 Å². The van der Waals surface area contributed by atoms with Crippen LogP contribution in [0.1, 0.15) is 27.7 Å². The predicted octanol–water partition coefficient (Wildman–Crippen LogP) is 0.875. The highest BCUT2D eigenvalue weighted by Crippen LogP contribution is 2.29. The molecule has 1 fully saturated rings. The van der Waals surface area contributed by atoms with Gasteiger partial charge in [-0.1, -0.05) is 6.92 Å². The molecule has 3 N–H and O–H groups in total. The van der Waals surface area contributed by atoms with Gasteiger partial charge in [0.1, 0.15) is 5.60 Å². The number of hydrogen-bond acceptors (Lipinski definition) is 4. The number of ether oxygens (including phenoxy) is 2. The van der Waals surface area contributed by atoms with E-state index in [1.165, 1.54) is 0 Å². The van der Waals surface area contributed by atoms with Crippen LogP contribution in [0.3, 0.4) is 0 Å². The van der Waals surface area contributed by atoms with Crippen molar-refractivity contribution in [1.82, 2.24) is 5.32 Å². The Kier molecular flexibility index (Phi) is 3.80. The molecule has 0 aromatic rings. The van der Waals surface area contributed by atoms with Gasteiger partial charge >= 0.3 is 6.09 Å². The van der Waals surface area contributed by atoms with E-state index < -0.39 is 11.7 Å². The molecule has 5 heteroatoms. The maximum atomic E-state index is 11.4. The highest BCUT2D eigenvalue weighted by Gasteiger charge is 2.39. The van der Waals surface area contributed by atoms with Crippen LogP contribution in [0, 0.1) is 5.41 Å². The molecular weight excluding hydrogens is 208 g/mol. The van der Waals surface area contributed by atoms with Crippen molar-refractivity contribution in [2.24, 2.45) is 11.1 Å². The van der Waals surface area contributed by atoms with Crippen molar-refractivity contribution >= 4 is 6.09 Å². The number of alkyl carbamates (subject to hydrolysis) is 1. The van der Waals surface area contributed by atoms with Gasteiger partial charge in [0.2, 0.25) is 0 Å². The predicted molar refractivity (Wildman–Crippen MR) is 61.1 cm³/mol. The van der Waals surface area contributed by atoms with Gasteiger partial charge in [0, 0.05) is 18.0 Å². The van der Waals surface area contributed by atoms with E-state index in [9.17, 15) is 4.79 Å². The monoisotopic (exact) mass is 230 g/mol. The lowest BCUT2D eigenvalue weighted by molar-refractivity contribution is -0.114. The van der Waals surface area contributed by atoms with Gasteiger partial charge in [0.15, 0.2) is 0 Å². The minimum atomic E-state index is -0.475. The molecule has 0 aromatic heterocycles. The first-order valence-electron chi connectivity index (χ1n) is 5.53. The average molecular weight is 230 g/mol. The zero-order chi connectivity index (χ0) is 12.4. The number of amides is 1. The van der Waals surface area contributed by atoms with E-state index in [0.29, 0.717) is 19.8 Å². The molecule has 1 rings (SSSR count). The summed E-state index contributed by atoms with van der Waals surface area (Å²) in [5.41, 5.74) is 5.48. The van der Waals surface area contributed by atoms with E-state index in [4.69, 9.17) is 15.2 Å². The van der Waals surface area contributed by atoms with Gasteiger partial charge < -0.3 is 20.5 Å². The molecule has 1 aliphatic heterocycles. The largest absolute Gasteiger partial charge is 0.444 e. The van der Waals surface area contributed by atoms with Gasteiger partial charge in [-0.25, -0.2) is 4.79 Å². The summed E-state index contributed by atoms with van der Waals surface area (Å²) in [4.78, 5) is 11.4. The number of hydrogen-bond donors (Lipinski definition) is 2. The Morgan fingerprint density at radius 3 is 2.50 bits per heavy atom. The SMILES string of the molecule is CC(C)(C)OC(=O)NCC(N)C1(C)COC1. The first-order valence-corrected chi connectivity index (χ1v) is 5.53. The van der Waals surface area contributed by atoms with Crippen LogP contribution in [0.4, 0.5) is 4.79 Å². The highest BCUT2D eigenvalue weighted by atomic mass is 16.6. The Morgan fingerprint density at radius 1 is 1.56 bits per heavy atom. The number of nitrogens with one attached hydrogen (secondary N) is 1. The number of rotatable bonds is 3. The van der Waals surface area contributed by atoms with Crippen molar-refractivity contribution in [1.29, 1.82) is 0 Å². The van der Waals surface area contributed by atoms with E-state index in [1.54, 1.807) is 0 Å². The van der Waals surface area contributed by atoms with Crippen LogP contribution >= 0.6 is 0 Å². The van der Waals surface area contributed by atoms with Crippen LogP contribution < -0.4 is 11.1 Å². The van der Waals surface area contributed by atoms with Gasteiger partial charge in [-0.15, -0.1) is 0 Å². The molecular formula is C11H22N2O3. The van der Waals surface area contributed by atoms with E-state index in [0.717, 1.165) is 0 Å². The third-order valence-electron chi connectivity index (χ3n) is 2.62. The maximum absolute atomic E-state index is 11.4. The Balaban J connectivity index is 2.26. The molecule has 0 bridgehead atoms. The fourth-order valence-electron chi connectivity index (χ4n) is 1.39. The summed E-state index contributed by atoms with van der Waals surface area (Å²) < 4.78 is 10.2. The maximum Gasteiger partial charge on any atom is 0.407 e. The smallest absolute Gasteiger partial charge is 0.407 e. The third-order valence-corrected chi connectivity index (χ3v) is 2.62. The Labute approximate surface area is 96.7 Å². The second-order valence-corrected chi connectivity index (χ2v) is 5.64. The lowest BCUT2D eigenvalue weighted by atomic mass is 9.81. The minimum absolute atomic E-state index is 0.0188. The summed E-state index contributed by atoms with van der Waals surface area (Å²) in [5.74, 6) is 0. The first kappa shape index (κ1) is 13.3. The van der Waals surface area contributed by atoms with Crippen molar-refractivity contribution in [3.8, 4) is 0 Å². The van der Waals surface area contributed by atoms with Crippen LogP contribution in [0.2, 0.25) is 0 Å². The fraction of sp³-hybridized carbons (Fsp3) is 0.909. The van der Waals surface area contributed by atoms with E-state index >= 15 is 0 Å². The molecule has 1 heterocycles. The minimum Gasteiger partial charge on any atom is -0.444 e. The van der Waals surface area contributed by atoms with Crippen LogP contribution in [-0.4, -0.2) is 37.5 Å². The Morgan fingerprint density at radius 2 is 2.12 bits per heavy atom. The first-order chi connectivity index (χ1) is 7.23. The van der Waals surface area contributed by atoms with Crippen molar-refractivity contribution in [3.05, 3.63) is 0 Å². The quantitative estimate of drug-likeness (QED) is 0.754. The molecule has 16 heavy (non-hydrogen) atoms. The standard InChI is InChI=1S/C11H22N2O3/c1-10(2,3)16-9(14)13-5-8(12)11(4)6-15-7-11/h8H,5-7,12H2,1-4H3,(H,13,14). The second kappa shape index (κ2) is 4.59. The summed E-state index contributed by atoms with van der Waals surface area (Å²) in [7, 11) is 0. The molecule has 0 radical (unpaired) electrons. The van der Waals surface area contributed by atoms with Gasteiger partial charge in [-0.2, -0.15) is 0 Å². The Hall–Kier alpha value is -0.810. The fourth-order valence-corrected chi connectivity index (χ4v) is 1.39. The number of carbonyl (C=O) groups is 1. The molecule has 1 aliphatic rings. The lowest BCUT2D eigenvalue weighted by Crippen LogP contribution is -2.57. The molecule has 1 amide bonds. The van der Waals surface area contributed by atoms with Crippen LogP contribution in [0.25, 0.3) is 0 Å². The Bertz CT molecular complexity index is 256. The summed E-state index contributed by atoms with van der Waals surface area (Å²) >= 11 is 0. The van der Waals surface area contributed by atoms with E-state index in [1.807, 2.05) is 20.8 Å². The molecule has 1 unspecified atom stereocenters. The van der Waals surface area contributed by atoms with Gasteiger partial charge in [-0.05, 0) is 20.8 Å². The van der Waals surface area contributed by atoms with Crippen LogP contribution in [-0.2, 0) is 9.47 Å². The van der Waals surface area contributed by atoms with Gasteiger partial charge in [0.25, 0.3) is 0 Å². The van der Waals surface area contributed by atoms with Gasteiger partial charge in [-0.3, -0.25) is 0 Å². The van der Waals surface area contributed by atoms with Crippen LogP contribution in [0.15, 0.2) is 0 Å². The van der Waals surface area contributed by atoms with Crippen molar-refractivity contribution in [3.63, 3.8) is 0 Å². The summed E-state index contributed by atoms with van der Waals surface area (Å²) in [5, 5.41) is 2.67. The normalized spacial score (nSPS) is 20.8. The molecule has 5 nitrogen and oxygen atoms in total. The zero-order valence-corrected chi connectivity index (χ0v) is 10.5. The molecule has 94 valence electrons. The van der Waals surface area contributed by atoms with Crippen molar-refractivity contribution < 1.29 is 14.3 Å².